The number of methoxy groups -OCH3 is 2. The molecule has 0 aromatic rings. The first kappa shape index (κ1) is 17.3. The maximum absolute atomic E-state index is 6.49. The number of ether oxygens (including phenoxy) is 2. The zero-order valence-corrected chi connectivity index (χ0v) is 14.5. The molecule has 0 aromatic heterocycles. The fraction of sp³-hybridized carbons (Fsp3) is 1.00. The van der Waals surface area contributed by atoms with Crippen LogP contribution in [0.15, 0.2) is 0 Å². The number of rotatable bonds is 10. The molecule has 5 heteroatoms. The largest absolute Gasteiger partial charge is 0.456 e. The Bertz CT molecular complexity index is 183. The lowest BCUT2D eigenvalue weighted by Crippen LogP contribution is -2.44. The lowest BCUT2D eigenvalue weighted by atomic mass is 10.5. The summed E-state index contributed by atoms with van der Waals surface area (Å²) in [7, 11) is 0.544. The van der Waals surface area contributed by atoms with Crippen LogP contribution < -0.4 is 0 Å². The first-order chi connectivity index (χ1) is 7.83. The van der Waals surface area contributed by atoms with Crippen molar-refractivity contribution in [1.29, 1.82) is 0 Å². The molecule has 0 fully saturated rings. The lowest BCUT2D eigenvalue weighted by molar-refractivity contribution is 0.195. The van der Waals surface area contributed by atoms with Gasteiger partial charge >= 0.3 is 0 Å². The van der Waals surface area contributed by atoms with E-state index in [1.165, 1.54) is 12.1 Å². The van der Waals surface area contributed by atoms with Gasteiger partial charge in [-0.1, -0.05) is 0 Å². The maximum atomic E-state index is 6.49. The predicted octanol–water partition coefficient (Wildman–Crippen LogP) is 3.49. The molecular formula is C12H30O3Si2. The average molecular weight is 279 g/mol. The van der Waals surface area contributed by atoms with Crippen LogP contribution in [-0.4, -0.2) is 44.1 Å². The molecule has 0 bridgehead atoms. The molecule has 0 unspecified atom stereocenters. The van der Waals surface area contributed by atoms with Gasteiger partial charge in [0.15, 0.2) is 16.6 Å². The van der Waals surface area contributed by atoms with Gasteiger partial charge < -0.3 is 13.6 Å². The Hall–Kier alpha value is 0.314. The van der Waals surface area contributed by atoms with E-state index in [0.29, 0.717) is 0 Å². The first-order valence-corrected chi connectivity index (χ1v) is 12.7. The highest BCUT2D eigenvalue weighted by Gasteiger charge is 2.33. The van der Waals surface area contributed by atoms with Crippen molar-refractivity contribution >= 4 is 16.6 Å². The van der Waals surface area contributed by atoms with E-state index < -0.39 is 16.6 Å². The molecule has 0 saturated carbocycles. The van der Waals surface area contributed by atoms with Gasteiger partial charge in [0.25, 0.3) is 0 Å². The molecule has 0 radical (unpaired) electrons. The van der Waals surface area contributed by atoms with Gasteiger partial charge in [-0.15, -0.1) is 0 Å². The lowest BCUT2D eigenvalue weighted by Gasteiger charge is -2.34. The molecular weight excluding hydrogens is 248 g/mol. The summed E-state index contributed by atoms with van der Waals surface area (Å²) in [6.07, 6.45) is 2.24. The molecule has 0 saturated heterocycles. The molecule has 0 aromatic carbocycles. The van der Waals surface area contributed by atoms with E-state index in [0.717, 1.165) is 26.1 Å². The van der Waals surface area contributed by atoms with Crippen LogP contribution in [0.25, 0.3) is 0 Å². The third-order valence-corrected chi connectivity index (χ3v) is 9.90. The van der Waals surface area contributed by atoms with Gasteiger partial charge in [0.05, 0.1) is 0 Å². The van der Waals surface area contributed by atoms with E-state index in [4.69, 9.17) is 13.6 Å². The van der Waals surface area contributed by atoms with Gasteiger partial charge in [-0.25, -0.2) is 0 Å². The summed E-state index contributed by atoms with van der Waals surface area (Å²) < 4.78 is 16.8. The molecule has 0 heterocycles. The third kappa shape index (κ3) is 9.97. The standard InChI is InChI=1S/C12H30O3Si2/c1-13-9-7-11-17(6,12-8-10-14-2)15-16(3,4)5/h7-12H2,1-6H3. The molecule has 0 N–H and O–H groups in total. The second-order valence-electron chi connectivity index (χ2n) is 5.86. The average Bonchev–Trinajstić information content (AvgIpc) is 2.15. The fourth-order valence-electron chi connectivity index (χ4n) is 2.15. The summed E-state index contributed by atoms with van der Waals surface area (Å²) >= 11 is 0. The van der Waals surface area contributed by atoms with Crippen molar-refractivity contribution in [3.05, 3.63) is 0 Å². The molecule has 0 aliphatic rings. The summed E-state index contributed by atoms with van der Waals surface area (Å²) in [6, 6.07) is 2.41. The highest BCUT2D eigenvalue weighted by molar-refractivity contribution is 6.84. The Morgan fingerprint density at radius 1 is 0.765 bits per heavy atom. The van der Waals surface area contributed by atoms with E-state index in [1.54, 1.807) is 14.2 Å². The van der Waals surface area contributed by atoms with Crippen LogP contribution in [0.2, 0.25) is 38.3 Å². The summed E-state index contributed by atoms with van der Waals surface area (Å²) in [5, 5.41) is 0. The Morgan fingerprint density at radius 3 is 1.47 bits per heavy atom. The zero-order chi connectivity index (χ0) is 13.4. The summed E-state index contributed by atoms with van der Waals surface area (Å²) in [4.78, 5) is 0. The van der Waals surface area contributed by atoms with Crippen molar-refractivity contribution in [2.75, 3.05) is 27.4 Å². The van der Waals surface area contributed by atoms with Crippen molar-refractivity contribution in [2.24, 2.45) is 0 Å². The van der Waals surface area contributed by atoms with E-state index in [1.807, 2.05) is 0 Å². The smallest absolute Gasteiger partial charge is 0.176 e. The molecule has 0 atom stereocenters. The van der Waals surface area contributed by atoms with E-state index in [-0.39, 0.29) is 0 Å². The van der Waals surface area contributed by atoms with Crippen molar-refractivity contribution in [3.63, 3.8) is 0 Å². The molecule has 3 nitrogen and oxygen atoms in total. The van der Waals surface area contributed by atoms with Crippen LogP contribution >= 0.6 is 0 Å². The highest BCUT2D eigenvalue weighted by atomic mass is 28.4. The molecule has 0 aliphatic carbocycles. The Balaban J connectivity index is 4.24. The van der Waals surface area contributed by atoms with Crippen molar-refractivity contribution in [3.8, 4) is 0 Å². The van der Waals surface area contributed by atoms with Gasteiger partial charge in [0.1, 0.15) is 0 Å². The minimum absolute atomic E-state index is 0.849. The Morgan fingerprint density at radius 2 is 1.18 bits per heavy atom. The molecule has 0 spiro atoms. The monoisotopic (exact) mass is 278 g/mol. The maximum Gasteiger partial charge on any atom is 0.176 e. The quantitative estimate of drug-likeness (QED) is 0.452. The van der Waals surface area contributed by atoms with Crippen LogP contribution in [0.3, 0.4) is 0 Å². The van der Waals surface area contributed by atoms with Crippen LogP contribution in [0.5, 0.6) is 0 Å². The third-order valence-electron chi connectivity index (χ3n) is 2.66. The van der Waals surface area contributed by atoms with Gasteiger partial charge in [-0.05, 0) is 51.1 Å². The Labute approximate surface area is 109 Å². The summed E-state index contributed by atoms with van der Waals surface area (Å²) in [5.74, 6) is 0. The van der Waals surface area contributed by atoms with E-state index in [9.17, 15) is 0 Å². The van der Waals surface area contributed by atoms with E-state index >= 15 is 0 Å². The van der Waals surface area contributed by atoms with Gasteiger partial charge in [0.2, 0.25) is 0 Å². The number of hydrogen-bond donors (Lipinski definition) is 0. The predicted molar refractivity (Wildman–Crippen MR) is 78.6 cm³/mol. The van der Waals surface area contributed by atoms with Gasteiger partial charge in [-0.2, -0.15) is 0 Å². The van der Waals surface area contributed by atoms with Crippen molar-refractivity contribution < 1.29 is 13.6 Å². The molecule has 0 rings (SSSR count). The topological polar surface area (TPSA) is 27.7 Å². The van der Waals surface area contributed by atoms with Crippen LogP contribution in [0, 0.1) is 0 Å². The van der Waals surface area contributed by atoms with Crippen molar-refractivity contribution in [2.45, 2.75) is 51.1 Å². The molecule has 0 amide bonds. The van der Waals surface area contributed by atoms with Crippen LogP contribution in [0.4, 0.5) is 0 Å². The SMILES string of the molecule is COCCC[Si](C)(CCCOC)O[Si](C)(C)C. The summed E-state index contributed by atoms with van der Waals surface area (Å²) in [6.45, 7) is 10.9. The second-order valence-corrected chi connectivity index (χ2v) is 14.8. The molecule has 0 aliphatic heterocycles. The normalized spacial score (nSPS) is 13.1. The zero-order valence-electron chi connectivity index (χ0n) is 12.5. The van der Waals surface area contributed by atoms with Gasteiger partial charge in [0, 0.05) is 27.4 Å². The molecule has 17 heavy (non-hydrogen) atoms. The highest BCUT2D eigenvalue weighted by Crippen LogP contribution is 2.25. The van der Waals surface area contributed by atoms with Crippen molar-refractivity contribution in [1.82, 2.24) is 0 Å². The van der Waals surface area contributed by atoms with E-state index in [2.05, 4.69) is 26.2 Å². The minimum Gasteiger partial charge on any atom is -0.456 e. The van der Waals surface area contributed by atoms with Gasteiger partial charge in [-0.3, -0.25) is 0 Å². The fourth-order valence-corrected chi connectivity index (χ4v) is 10.9. The second kappa shape index (κ2) is 8.42. The van der Waals surface area contributed by atoms with Crippen LogP contribution in [-0.2, 0) is 13.6 Å². The molecule has 104 valence electrons. The van der Waals surface area contributed by atoms with Crippen LogP contribution in [0.1, 0.15) is 12.8 Å². The Kier molecular flexibility index (Phi) is 8.58. The first-order valence-electron chi connectivity index (χ1n) is 6.51. The number of hydrogen-bond acceptors (Lipinski definition) is 3. The summed E-state index contributed by atoms with van der Waals surface area (Å²) in [5.41, 5.74) is 0. The minimum atomic E-state index is -1.56.